The van der Waals surface area contributed by atoms with E-state index in [9.17, 15) is 14.0 Å². The third-order valence-electron chi connectivity index (χ3n) is 5.64. The fourth-order valence-electron chi connectivity index (χ4n) is 3.85. The van der Waals surface area contributed by atoms with Crippen LogP contribution in [0.5, 0.6) is 0 Å². The number of rotatable bonds is 7. The number of amides is 2. The Morgan fingerprint density at radius 2 is 1.48 bits per heavy atom. The van der Waals surface area contributed by atoms with Crippen LogP contribution in [-0.4, -0.2) is 49.4 Å². The number of hydrogen-bond donors (Lipinski definition) is 2. The predicted octanol–water partition coefficient (Wildman–Crippen LogP) is 3.52. The van der Waals surface area contributed by atoms with Crippen molar-refractivity contribution in [1.82, 2.24) is 10.2 Å². The molecule has 0 aliphatic carbocycles. The Morgan fingerprint density at radius 1 is 0.818 bits per heavy atom. The van der Waals surface area contributed by atoms with Gasteiger partial charge in [0, 0.05) is 44.1 Å². The first-order chi connectivity index (χ1) is 16.1. The maximum absolute atomic E-state index is 13.9. The summed E-state index contributed by atoms with van der Waals surface area (Å²) in [5, 5.41) is 6.03. The quantitative estimate of drug-likeness (QED) is 0.583. The van der Waals surface area contributed by atoms with Crippen molar-refractivity contribution in [2.24, 2.45) is 0 Å². The zero-order valence-corrected chi connectivity index (χ0v) is 18.3. The van der Waals surface area contributed by atoms with Gasteiger partial charge in [0.15, 0.2) is 0 Å². The Balaban J connectivity index is 1.23. The summed E-state index contributed by atoms with van der Waals surface area (Å²) >= 11 is 0. The number of carbonyl (C=O) groups is 2. The molecule has 2 N–H and O–H groups in total. The van der Waals surface area contributed by atoms with E-state index in [-0.39, 0.29) is 23.9 Å². The molecular weight excluding hydrogens is 419 g/mol. The molecule has 3 aromatic rings. The Morgan fingerprint density at radius 3 is 2.18 bits per heavy atom. The minimum Gasteiger partial charge on any atom is -0.368 e. The lowest BCUT2D eigenvalue weighted by Crippen LogP contribution is -2.49. The summed E-state index contributed by atoms with van der Waals surface area (Å²) in [6.45, 7) is 3.25. The number of benzene rings is 3. The van der Waals surface area contributed by atoms with Gasteiger partial charge in [0.05, 0.1) is 12.1 Å². The van der Waals surface area contributed by atoms with E-state index >= 15 is 0 Å². The summed E-state index contributed by atoms with van der Waals surface area (Å²) in [6.07, 6.45) is 0. The number of hydrogen-bond acceptors (Lipinski definition) is 4. The van der Waals surface area contributed by atoms with Crippen molar-refractivity contribution in [1.29, 1.82) is 0 Å². The topological polar surface area (TPSA) is 64.7 Å². The molecule has 0 aromatic heterocycles. The fourth-order valence-corrected chi connectivity index (χ4v) is 3.85. The van der Waals surface area contributed by atoms with Crippen molar-refractivity contribution in [3.63, 3.8) is 0 Å². The zero-order valence-electron chi connectivity index (χ0n) is 18.3. The molecule has 0 radical (unpaired) electrons. The van der Waals surface area contributed by atoms with Crippen LogP contribution in [0.3, 0.4) is 0 Å². The monoisotopic (exact) mass is 446 g/mol. The molecule has 3 aromatic carbocycles. The first-order valence-corrected chi connectivity index (χ1v) is 11.0. The van der Waals surface area contributed by atoms with E-state index in [1.54, 1.807) is 17.0 Å². The Hall–Kier alpha value is -3.71. The minimum absolute atomic E-state index is 0.0982. The Bertz CT molecular complexity index is 1080. The van der Waals surface area contributed by atoms with E-state index in [0.717, 1.165) is 16.9 Å². The summed E-state index contributed by atoms with van der Waals surface area (Å²) in [4.78, 5) is 28.6. The summed E-state index contributed by atoms with van der Waals surface area (Å²) in [5.74, 6) is -0.858. The highest BCUT2D eigenvalue weighted by molar-refractivity contribution is 5.94. The first kappa shape index (κ1) is 22.5. The number of anilines is 2. The maximum Gasteiger partial charge on any atom is 0.256 e. The van der Waals surface area contributed by atoms with Crippen molar-refractivity contribution in [2.45, 2.75) is 6.54 Å². The van der Waals surface area contributed by atoms with Crippen molar-refractivity contribution in [3.05, 3.63) is 95.8 Å². The Labute approximate surface area is 193 Å². The van der Waals surface area contributed by atoms with Crippen molar-refractivity contribution < 1.29 is 14.0 Å². The van der Waals surface area contributed by atoms with E-state index in [1.807, 2.05) is 54.6 Å². The van der Waals surface area contributed by atoms with Crippen LogP contribution in [0.1, 0.15) is 15.9 Å². The molecule has 0 unspecified atom stereocenters. The number of halogens is 1. The summed E-state index contributed by atoms with van der Waals surface area (Å²) in [7, 11) is 0. The van der Waals surface area contributed by atoms with Crippen LogP contribution < -0.4 is 15.5 Å². The fraction of sp³-hybridized carbons (Fsp3) is 0.231. The third-order valence-corrected chi connectivity index (χ3v) is 5.64. The number of nitrogens with one attached hydrogen (secondary N) is 2. The predicted molar refractivity (Wildman–Crippen MR) is 128 cm³/mol. The van der Waals surface area contributed by atoms with E-state index in [4.69, 9.17) is 0 Å². The normalized spacial score (nSPS) is 13.6. The van der Waals surface area contributed by atoms with Gasteiger partial charge < -0.3 is 20.4 Å². The molecule has 1 heterocycles. The van der Waals surface area contributed by atoms with Gasteiger partial charge in [-0.3, -0.25) is 9.59 Å². The Kier molecular flexibility index (Phi) is 7.32. The lowest BCUT2D eigenvalue weighted by atomic mass is 10.1. The van der Waals surface area contributed by atoms with Gasteiger partial charge in [0.1, 0.15) is 5.82 Å². The van der Waals surface area contributed by atoms with Crippen LogP contribution in [0.4, 0.5) is 15.8 Å². The summed E-state index contributed by atoms with van der Waals surface area (Å²) < 4.78 is 13.9. The molecule has 0 atom stereocenters. The van der Waals surface area contributed by atoms with Crippen LogP contribution in [-0.2, 0) is 11.3 Å². The molecule has 7 heteroatoms. The lowest BCUT2D eigenvalue weighted by Gasteiger charge is -2.36. The molecule has 0 saturated carbocycles. The molecule has 170 valence electrons. The molecular formula is C26H27FN4O2. The van der Waals surface area contributed by atoms with Gasteiger partial charge in [-0.15, -0.1) is 0 Å². The van der Waals surface area contributed by atoms with E-state index in [0.29, 0.717) is 32.7 Å². The highest BCUT2D eigenvalue weighted by Gasteiger charge is 2.24. The molecule has 1 aliphatic heterocycles. The van der Waals surface area contributed by atoms with E-state index < -0.39 is 5.82 Å². The molecule has 0 bridgehead atoms. The van der Waals surface area contributed by atoms with Gasteiger partial charge in [-0.05, 0) is 42.0 Å². The van der Waals surface area contributed by atoms with Gasteiger partial charge in [-0.2, -0.15) is 0 Å². The lowest BCUT2D eigenvalue weighted by molar-refractivity contribution is -0.115. The van der Waals surface area contributed by atoms with Gasteiger partial charge in [-0.1, -0.05) is 42.5 Å². The summed E-state index contributed by atoms with van der Waals surface area (Å²) in [6, 6.07) is 23.7. The van der Waals surface area contributed by atoms with Crippen molar-refractivity contribution in [3.8, 4) is 0 Å². The zero-order chi connectivity index (χ0) is 23.0. The molecule has 1 aliphatic rings. The molecule has 1 fully saturated rings. The molecule has 1 saturated heterocycles. The molecule has 4 rings (SSSR count). The minimum atomic E-state index is -0.488. The SMILES string of the molecule is O=C(CNCc1ccccc1)Nc1ccc(N2CCN(C(=O)c3ccccc3F)CC2)cc1. The summed E-state index contributed by atoms with van der Waals surface area (Å²) in [5.41, 5.74) is 3.00. The van der Waals surface area contributed by atoms with Crippen molar-refractivity contribution >= 4 is 23.2 Å². The van der Waals surface area contributed by atoms with Crippen LogP contribution in [0, 0.1) is 5.82 Å². The van der Waals surface area contributed by atoms with Gasteiger partial charge >= 0.3 is 0 Å². The molecule has 0 spiro atoms. The number of nitrogens with zero attached hydrogens (tertiary/aromatic N) is 2. The van der Waals surface area contributed by atoms with Crippen LogP contribution in [0.15, 0.2) is 78.9 Å². The van der Waals surface area contributed by atoms with Gasteiger partial charge in [-0.25, -0.2) is 4.39 Å². The van der Waals surface area contributed by atoms with E-state index in [2.05, 4.69) is 15.5 Å². The second-order valence-corrected chi connectivity index (χ2v) is 7.94. The van der Waals surface area contributed by atoms with Crippen molar-refractivity contribution in [2.75, 3.05) is 42.9 Å². The van der Waals surface area contributed by atoms with Crippen LogP contribution in [0.25, 0.3) is 0 Å². The largest absolute Gasteiger partial charge is 0.368 e. The number of piperazine rings is 1. The highest BCUT2D eigenvalue weighted by Crippen LogP contribution is 2.20. The van der Waals surface area contributed by atoms with Crippen LogP contribution >= 0.6 is 0 Å². The smallest absolute Gasteiger partial charge is 0.256 e. The third kappa shape index (κ3) is 5.96. The second kappa shape index (κ2) is 10.7. The van der Waals surface area contributed by atoms with Gasteiger partial charge in [0.2, 0.25) is 5.91 Å². The number of carbonyl (C=O) groups excluding carboxylic acids is 2. The molecule has 33 heavy (non-hydrogen) atoms. The average Bonchev–Trinajstić information content (AvgIpc) is 2.85. The van der Waals surface area contributed by atoms with Crippen LogP contribution in [0.2, 0.25) is 0 Å². The highest BCUT2D eigenvalue weighted by atomic mass is 19.1. The molecule has 6 nitrogen and oxygen atoms in total. The second-order valence-electron chi connectivity index (χ2n) is 7.94. The maximum atomic E-state index is 13.9. The average molecular weight is 447 g/mol. The van der Waals surface area contributed by atoms with Gasteiger partial charge in [0.25, 0.3) is 5.91 Å². The standard InChI is InChI=1S/C26H27FN4O2/c27-24-9-5-4-8-23(24)26(33)31-16-14-30(15-17-31)22-12-10-21(11-13-22)29-25(32)19-28-18-20-6-2-1-3-7-20/h1-13,28H,14-19H2,(H,29,32). The van der Waals surface area contributed by atoms with E-state index in [1.165, 1.54) is 12.1 Å². The molecule has 2 amide bonds. The first-order valence-electron chi connectivity index (χ1n) is 11.0.